The molecule has 6 atom stereocenters. The van der Waals surface area contributed by atoms with E-state index in [4.69, 9.17) is 14.4 Å². The van der Waals surface area contributed by atoms with Gasteiger partial charge >= 0.3 is 11.4 Å². The average molecular weight is 907 g/mol. The summed E-state index contributed by atoms with van der Waals surface area (Å²) in [4.78, 5) is 47.9. The number of nitrogens with one attached hydrogen (secondary N) is 1. The lowest BCUT2D eigenvalue weighted by Crippen LogP contribution is -2.40. The van der Waals surface area contributed by atoms with Crippen molar-refractivity contribution in [2.75, 3.05) is 6.61 Å². The van der Waals surface area contributed by atoms with Gasteiger partial charge in [0.05, 0.1) is 56.8 Å². The van der Waals surface area contributed by atoms with Crippen molar-refractivity contribution >= 4 is 22.3 Å². The number of fused-ring (bicyclic) bond motifs is 5. The minimum atomic E-state index is -0.804. The molecule has 3 saturated carbocycles. The topological polar surface area (TPSA) is 155 Å². The number of aromatic amines is 1. The number of hydrogen-bond donors (Lipinski definition) is 1. The Balaban J connectivity index is 0.971. The first-order chi connectivity index (χ1) is 32.2. The Morgan fingerprint density at radius 2 is 1.75 bits per heavy atom. The molecule has 15 nitrogen and oxygen atoms in total. The fourth-order valence-corrected chi connectivity index (χ4v) is 11.9. The van der Waals surface area contributed by atoms with Crippen LogP contribution < -0.4 is 11.4 Å². The second-order valence-corrected chi connectivity index (χ2v) is 20.2. The first-order valence-corrected chi connectivity index (χ1v) is 23.2. The molecule has 1 saturated heterocycles. The van der Waals surface area contributed by atoms with Crippen molar-refractivity contribution in [1.82, 2.24) is 48.1 Å². The van der Waals surface area contributed by atoms with Crippen LogP contribution in [0.25, 0.3) is 33.6 Å². The largest absolute Gasteiger partial charge is 0.438 e. The van der Waals surface area contributed by atoms with Crippen LogP contribution in [0.15, 0.2) is 87.4 Å². The van der Waals surface area contributed by atoms with E-state index in [-0.39, 0.29) is 58.1 Å². The second kappa shape index (κ2) is 13.8. The van der Waals surface area contributed by atoms with Crippen molar-refractivity contribution in [3.05, 3.63) is 145 Å². The number of halogens is 2. The molecule has 342 valence electrons. The van der Waals surface area contributed by atoms with Crippen LogP contribution in [0.3, 0.4) is 0 Å². The minimum absolute atomic E-state index is 0.0219. The predicted octanol–water partition coefficient (Wildman–Crippen LogP) is 7.86. The van der Waals surface area contributed by atoms with Crippen molar-refractivity contribution in [1.29, 1.82) is 0 Å². The average Bonchev–Trinajstić information content (AvgIpc) is 4.22. The zero-order valence-corrected chi connectivity index (χ0v) is 37.7. The lowest BCUT2D eigenvalue weighted by atomic mass is 9.84. The summed E-state index contributed by atoms with van der Waals surface area (Å²) in [6, 6.07) is 13.7. The normalized spacial score (nSPS) is 25.2. The van der Waals surface area contributed by atoms with Crippen molar-refractivity contribution in [2.45, 2.75) is 107 Å². The van der Waals surface area contributed by atoms with E-state index in [1.165, 1.54) is 33.2 Å². The Morgan fingerprint density at radius 3 is 2.49 bits per heavy atom. The third kappa shape index (κ3) is 5.88. The molecule has 3 aliphatic carbocycles. The Hall–Kier alpha value is -6.88. The van der Waals surface area contributed by atoms with Gasteiger partial charge in [-0.2, -0.15) is 10.2 Å². The van der Waals surface area contributed by atoms with Crippen molar-refractivity contribution in [2.24, 2.45) is 13.0 Å². The highest BCUT2D eigenvalue weighted by atomic mass is 19.1. The summed E-state index contributed by atoms with van der Waals surface area (Å²) in [6.45, 7) is 8.94. The molecule has 2 unspecified atom stereocenters. The van der Waals surface area contributed by atoms with Crippen LogP contribution in [0.1, 0.15) is 134 Å². The Morgan fingerprint density at radius 1 is 0.940 bits per heavy atom. The van der Waals surface area contributed by atoms with E-state index in [2.05, 4.69) is 52.5 Å². The van der Waals surface area contributed by atoms with Crippen molar-refractivity contribution < 1.29 is 22.8 Å². The molecule has 67 heavy (non-hydrogen) atoms. The molecular weight excluding hydrogens is 859 g/mol. The number of rotatable bonds is 8. The first kappa shape index (κ1) is 40.4. The van der Waals surface area contributed by atoms with Gasteiger partial charge in [-0.1, -0.05) is 12.1 Å². The maximum Gasteiger partial charge on any atom is 0.438 e. The number of pyridine rings is 1. The smallest absolute Gasteiger partial charge is 0.376 e. The number of hydrogen-bond acceptors (Lipinski definition) is 8. The molecule has 13 rings (SSSR count). The SMILES string of the molecule is C[C@H]1c2c(nn(-c3ccc(F)c(C4CC4)c3)c2-n2ccn(-c3ccc4c(cnn4C)c3F)c2=O)C2CC2N1C(=O)c1cc2cc([C@H]3CCOC(C)(C)C3)ccn2c1[C@@]1(c2noc(=O)[nH]2)C[C@@H]1C. The summed E-state index contributed by atoms with van der Waals surface area (Å²) >= 11 is 0. The van der Waals surface area contributed by atoms with Crippen molar-refractivity contribution in [3.63, 3.8) is 0 Å². The summed E-state index contributed by atoms with van der Waals surface area (Å²) in [6.07, 6.45) is 11.4. The van der Waals surface area contributed by atoms with Crippen LogP contribution in [0.4, 0.5) is 8.78 Å². The number of imidazole rings is 1. The second-order valence-electron chi connectivity index (χ2n) is 20.2. The molecule has 0 radical (unpaired) electrons. The van der Waals surface area contributed by atoms with E-state index in [0.717, 1.165) is 42.6 Å². The number of aromatic nitrogens is 9. The highest BCUT2D eigenvalue weighted by Crippen LogP contribution is 2.60. The van der Waals surface area contributed by atoms with Crippen LogP contribution in [0, 0.1) is 17.6 Å². The zero-order chi connectivity index (χ0) is 46.0. The third-order valence-electron chi connectivity index (χ3n) is 15.6. The number of aryl methyl sites for hydroxylation is 1. The number of ether oxygens (including phenoxy) is 1. The maximum atomic E-state index is 16.2. The molecule has 2 aliphatic heterocycles. The summed E-state index contributed by atoms with van der Waals surface area (Å²) in [7, 11) is 1.73. The predicted molar refractivity (Wildman–Crippen MR) is 241 cm³/mol. The number of carbonyl (C=O) groups is 1. The van der Waals surface area contributed by atoms with Gasteiger partial charge in [-0.05, 0) is 137 Å². The monoisotopic (exact) mass is 906 g/mol. The zero-order valence-electron chi connectivity index (χ0n) is 37.7. The highest BCUT2D eigenvalue weighted by molar-refractivity contribution is 5.99. The van der Waals surface area contributed by atoms with E-state index in [0.29, 0.717) is 59.0 Å². The van der Waals surface area contributed by atoms with E-state index in [9.17, 15) is 9.59 Å². The van der Waals surface area contributed by atoms with Gasteiger partial charge in [-0.3, -0.25) is 28.1 Å². The number of nitrogens with zero attached hydrogens (tertiary/aromatic N) is 9. The Labute approximate surface area is 381 Å². The molecule has 8 aromatic rings. The molecule has 2 aromatic carbocycles. The Bertz CT molecular complexity index is 3530. The van der Waals surface area contributed by atoms with Gasteiger partial charge in [0.15, 0.2) is 11.6 Å². The van der Waals surface area contributed by atoms with E-state index in [1.54, 1.807) is 40.8 Å². The Kier molecular flexibility index (Phi) is 8.35. The minimum Gasteiger partial charge on any atom is -0.376 e. The fraction of sp³-hybridized carbons (Fsp3) is 0.400. The summed E-state index contributed by atoms with van der Waals surface area (Å²) in [5.74, 6) is -0.728. The summed E-state index contributed by atoms with van der Waals surface area (Å²) in [5.41, 5.74) is 4.87. The van der Waals surface area contributed by atoms with Crippen LogP contribution in [-0.4, -0.2) is 72.3 Å². The van der Waals surface area contributed by atoms with E-state index < -0.39 is 28.7 Å². The van der Waals surface area contributed by atoms with Gasteiger partial charge in [0.2, 0.25) is 0 Å². The van der Waals surface area contributed by atoms with Crippen LogP contribution in [0.5, 0.6) is 0 Å². The number of H-pyrrole nitrogens is 1. The number of amides is 1. The number of carbonyl (C=O) groups excluding carboxylic acids is 1. The molecule has 0 spiro atoms. The van der Waals surface area contributed by atoms with Crippen LogP contribution in [0.2, 0.25) is 0 Å². The number of benzene rings is 2. The third-order valence-corrected chi connectivity index (χ3v) is 15.6. The van der Waals surface area contributed by atoms with Gasteiger partial charge in [-0.15, -0.1) is 0 Å². The molecule has 1 N–H and O–H groups in total. The van der Waals surface area contributed by atoms with Gasteiger partial charge in [-0.25, -0.2) is 23.1 Å². The first-order valence-electron chi connectivity index (χ1n) is 23.2. The molecule has 4 fully saturated rings. The van der Waals surface area contributed by atoms with Crippen LogP contribution in [-0.2, 0) is 17.2 Å². The lowest BCUT2D eigenvalue weighted by Gasteiger charge is -2.35. The molecule has 6 aromatic heterocycles. The van der Waals surface area contributed by atoms with Gasteiger partial charge < -0.3 is 14.0 Å². The quantitative estimate of drug-likeness (QED) is 0.162. The van der Waals surface area contributed by atoms with Gasteiger partial charge in [0.25, 0.3) is 5.91 Å². The van der Waals surface area contributed by atoms with Crippen molar-refractivity contribution in [3.8, 4) is 17.2 Å². The van der Waals surface area contributed by atoms with E-state index >= 15 is 13.6 Å². The summed E-state index contributed by atoms with van der Waals surface area (Å²) in [5, 5.41) is 13.9. The molecular formula is C50H48F2N10O5. The highest BCUT2D eigenvalue weighted by Gasteiger charge is 2.61. The lowest BCUT2D eigenvalue weighted by molar-refractivity contribution is -0.0593. The molecule has 8 heterocycles. The molecule has 0 bridgehead atoms. The standard InChI is InChI=1S/C50H48F2N10O5/c1-25-22-50(25,46-54-47(64)67-56-46)43-34(20-31-18-28(12-14-58(31)43)29-13-17-66-49(3,4)23-29)45(63)61-26(2)40-42(33-21-39(33)61)55-62(30-8-9-36(51)32(19-30)27-6-7-27)44(40)60-16-15-59(48(60)65)38-11-10-37-35(41(38)52)24-53-57(37)5/h8-12,14-16,18-20,24-27,29,33,39H,6-7,13,17,21-23H2,1-5H3,(H,54,56,64)/t25-,26-,29-,33?,39?,50+/m0/s1. The molecule has 5 aliphatic rings. The fourth-order valence-electron chi connectivity index (χ4n) is 11.9. The molecule has 17 heteroatoms. The van der Waals surface area contributed by atoms with Crippen LogP contribution >= 0.6 is 0 Å². The van der Waals surface area contributed by atoms with Gasteiger partial charge in [0, 0.05) is 61.0 Å². The van der Waals surface area contributed by atoms with E-state index in [1.807, 2.05) is 30.2 Å². The van der Waals surface area contributed by atoms with Gasteiger partial charge in [0.1, 0.15) is 11.6 Å². The summed E-state index contributed by atoms with van der Waals surface area (Å²) < 4.78 is 50.8. The maximum absolute atomic E-state index is 16.2. The molecule has 1 amide bonds.